The van der Waals surface area contributed by atoms with E-state index in [4.69, 9.17) is 15.3 Å². The molecule has 1 heterocycles. The number of amides is 1. The maximum atomic E-state index is 12.0. The molecule has 1 amide bonds. The predicted molar refractivity (Wildman–Crippen MR) is 69.8 cm³/mol. The van der Waals surface area contributed by atoms with E-state index in [-0.39, 0.29) is 18.2 Å². The van der Waals surface area contributed by atoms with Gasteiger partial charge in [0.25, 0.3) is 15.9 Å². The van der Waals surface area contributed by atoms with Gasteiger partial charge in [0.2, 0.25) is 5.09 Å². The predicted octanol–water partition coefficient (Wildman–Crippen LogP) is 0.0302. The number of nitrogens with two attached hydrogens (primary N) is 2. The maximum absolute atomic E-state index is 12.0. The van der Waals surface area contributed by atoms with Crippen LogP contribution in [-0.4, -0.2) is 26.4 Å². The second-order valence-corrected chi connectivity index (χ2v) is 6.39. The molecular weight excluding hydrogens is 270 g/mol. The second kappa shape index (κ2) is 5.32. The van der Waals surface area contributed by atoms with Crippen LogP contribution in [0.4, 0.5) is 0 Å². The van der Waals surface area contributed by atoms with E-state index in [1.54, 1.807) is 6.92 Å². The van der Waals surface area contributed by atoms with Gasteiger partial charge in [-0.2, -0.15) is 0 Å². The highest BCUT2D eigenvalue weighted by Crippen LogP contribution is 2.17. The van der Waals surface area contributed by atoms with Crippen molar-refractivity contribution in [3.8, 4) is 0 Å². The first-order chi connectivity index (χ1) is 8.60. The van der Waals surface area contributed by atoms with Crippen LogP contribution in [0, 0.1) is 5.92 Å². The molecule has 0 aromatic carbocycles. The van der Waals surface area contributed by atoms with Gasteiger partial charge in [0.1, 0.15) is 0 Å². The Hall–Kier alpha value is -1.38. The number of furan rings is 1. The monoisotopic (exact) mass is 289 g/mol. The second-order valence-electron chi connectivity index (χ2n) is 4.89. The smallest absolute Gasteiger partial charge is 0.287 e. The lowest BCUT2D eigenvalue weighted by Gasteiger charge is -2.33. The Labute approximate surface area is 112 Å². The summed E-state index contributed by atoms with van der Waals surface area (Å²) >= 11 is 0. The van der Waals surface area contributed by atoms with Crippen molar-refractivity contribution in [3.63, 3.8) is 0 Å². The van der Waals surface area contributed by atoms with Gasteiger partial charge in [-0.25, -0.2) is 13.6 Å². The molecule has 1 atom stereocenters. The van der Waals surface area contributed by atoms with Crippen molar-refractivity contribution in [1.82, 2.24) is 5.32 Å². The minimum Gasteiger partial charge on any atom is -0.438 e. The Morgan fingerprint density at radius 2 is 2.05 bits per heavy atom. The Bertz CT molecular complexity index is 564. The molecule has 0 aliphatic heterocycles. The van der Waals surface area contributed by atoms with Gasteiger partial charge in [0.05, 0.1) is 5.54 Å². The lowest BCUT2D eigenvalue weighted by molar-refractivity contribution is 0.0849. The molecule has 0 saturated carbocycles. The SMILES string of the molecule is CC(C)C(C)(CN)NC(=O)c1ccc(S(N)(=O)=O)o1. The molecule has 0 radical (unpaired) electrons. The first kappa shape index (κ1) is 15.7. The Morgan fingerprint density at radius 3 is 2.42 bits per heavy atom. The van der Waals surface area contributed by atoms with Gasteiger partial charge < -0.3 is 15.5 Å². The summed E-state index contributed by atoms with van der Waals surface area (Å²) in [6, 6.07) is 2.39. The molecule has 1 aromatic rings. The van der Waals surface area contributed by atoms with Crippen LogP contribution in [0.2, 0.25) is 0 Å². The van der Waals surface area contributed by atoms with Crippen molar-refractivity contribution >= 4 is 15.9 Å². The van der Waals surface area contributed by atoms with Crippen molar-refractivity contribution < 1.29 is 17.6 Å². The topological polar surface area (TPSA) is 128 Å². The number of primary sulfonamides is 1. The van der Waals surface area contributed by atoms with E-state index in [0.29, 0.717) is 0 Å². The van der Waals surface area contributed by atoms with Crippen LogP contribution in [0.25, 0.3) is 0 Å². The van der Waals surface area contributed by atoms with Gasteiger partial charge in [-0.05, 0) is 25.0 Å². The van der Waals surface area contributed by atoms with Gasteiger partial charge in [-0.15, -0.1) is 0 Å². The van der Waals surface area contributed by atoms with Crippen molar-refractivity contribution in [2.45, 2.75) is 31.4 Å². The van der Waals surface area contributed by atoms with Crippen LogP contribution in [0.3, 0.4) is 0 Å². The highest BCUT2D eigenvalue weighted by Gasteiger charge is 2.30. The Kier molecular flexibility index (Phi) is 4.39. The van der Waals surface area contributed by atoms with Crippen LogP contribution in [0.5, 0.6) is 0 Å². The third-order valence-corrected chi connectivity index (χ3v) is 3.96. The highest BCUT2D eigenvalue weighted by atomic mass is 32.2. The van der Waals surface area contributed by atoms with E-state index in [0.717, 1.165) is 6.07 Å². The summed E-state index contributed by atoms with van der Waals surface area (Å²) in [5.41, 5.74) is 5.04. The summed E-state index contributed by atoms with van der Waals surface area (Å²) in [5, 5.41) is 7.18. The first-order valence-electron chi connectivity index (χ1n) is 5.75. The summed E-state index contributed by atoms with van der Waals surface area (Å²) in [7, 11) is -3.95. The van der Waals surface area contributed by atoms with E-state index >= 15 is 0 Å². The van der Waals surface area contributed by atoms with E-state index in [1.807, 2.05) is 13.8 Å². The normalized spacial score (nSPS) is 15.3. The lowest BCUT2D eigenvalue weighted by atomic mass is 9.88. The molecule has 0 bridgehead atoms. The molecule has 19 heavy (non-hydrogen) atoms. The van der Waals surface area contributed by atoms with E-state index in [2.05, 4.69) is 5.32 Å². The fourth-order valence-corrected chi connectivity index (χ4v) is 1.81. The summed E-state index contributed by atoms with van der Waals surface area (Å²) in [6.45, 7) is 5.90. The third-order valence-electron chi connectivity index (χ3n) is 3.18. The number of hydrogen-bond acceptors (Lipinski definition) is 5. The van der Waals surface area contributed by atoms with Gasteiger partial charge in [0, 0.05) is 6.54 Å². The van der Waals surface area contributed by atoms with Gasteiger partial charge >= 0.3 is 0 Å². The zero-order valence-corrected chi connectivity index (χ0v) is 12.0. The van der Waals surface area contributed by atoms with E-state index < -0.39 is 26.6 Å². The molecule has 0 saturated heterocycles. The molecule has 5 N–H and O–H groups in total. The number of carbonyl (C=O) groups is 1. The molecule has 1 unspecified atom stereocenters. The molecule has 7 nitrogen and oxygen atoms in total. The number of hydrogen-bond donors (Lipinski definition) is 3. The summed E-state index contributed by atoms with van der Waals surface area (Å²) < 4.78 is 27.0. The Balaban J connectivity index is 2.94. The fourth-order valence-electron chi connectivity index (χ4n) is 1.35. The van der Waals surface area contributed by atoms with Crippen molar-refractivity contribution in [2.75, 3.05) is 6.54 Å². The minimum atomic E-state index is -3.95. The molecule has 108 valence electrons. The van der Waals surface area contributed by atoms with Crippen molar-refractivity contribution in [3.05, 3.63) is 17.9 Å². The van der Waals surface area contributed by atoms with Crippen molar-refractivity contribution in [1.29, 1.82) is 0 Å². The van der Waals surface area contributed by atoms with Crippen molar-refractivity contribution in [2.24, 2.45) is 16.8 Å². The Morgan fingerprint density at radius 1 is 1.47 bits per heavy atom. The zero-order valence-electron chi connectivity index (χ0n) is 11.1. The molecule has 8 heteroatoms. The standard InChI is InChI=1S/C11H19N3O4S/c1-7(2)11(3,6-12)14-10(15)8-4-5-9(18-8)19(13,16)17/h4-5,7H,6,12H2,1-3H3,(H,14,15)(H2,13,16,17). The molecule has 0 aliphatic rings. The molecule has 1 aromatic heterocycles. The maximum Gasteiger partial charge on any atom is 0.287 e. The number of carbonyl (C=O) groups excluding carboxylic acids is 1. The third kappa shape index (κ3) is 3.55. The van der Waals surface area contributed by atoms with Gasteiger partial charge in [0.15, 0.2) is 5.76 Å². The summed E-state index contributed by atoms with van der Waals surface area (Å²) in [6.07, 6.45) is 0. The zero-order chi connectivity index (χ0) is 14.8. The van der Waals surface area contributed by atoms with Gasteiger partial charge in [-0.1, -0.05) is 13.8 Å². The fraction of sp³-hybridized carbons (Fsp3) is 0.545. The minimum absolute atomic E-state index is 0.106. The lowest BCUT2D eigenvalue weighted by Crippen LogP contribution is -2.54. The molecule has 0 aliphatic carbocycles. The average Bonchev–Trinajstić information content (AvgIpc) is 2.77. The summed E-state index contributed by atoms with van der Waals surface area (Å²) in [4.78, 5) is 12.0. The molecule has 0 fully saturated rings. The number of sulfonamides is 1. The van der Waals surface area contributed by atoms with Crippen LogP contribution in [0.15, 0.2) is 21.6 Å². The highest BCUT2D eigenvalue weighted by molar-refractivity contribution is 7.89. The summed E-state index contributed by atoms with van der Waals surface area (Å²) in [5.74, 6) is -0.546. The quantitative estimate of drug-likeness (QED) is 0.704. The first-order valence-corrected chi connectivity index (χ1v) is 7.30. The molecular formula is C11H19N3O4S. The van der Waals surface area contributed by atoms with Crippen LogP contribution in [0.1, 0.15) is 31.3 Å². The molecule has 0 spiro atoms. The van der Waals surface area contributed by atoms with E-state index in [1.165, 1.54) is 6.07 Å². The van der Waals surface area contributed by atoms with E-state index in [9.17, 15) is 13.2 Å². The number of rotatable bonds is 5. The largest absolute Gasteiger partial charge is 0.438 e. The van der Waals surface area contributed by atoms with Crippen LogP contribution >= 0.6 is 0 Å². The van der Waals surface area contributed by atoms with Crippen LogP contribution < -0.4 is 16.2 Å². The van der Waals surface area contributed by atoms with Crippen LogP contribution in [-0.2, 0) is 10.0 Å². The average molecular weight is 289 g/mol. The molecule has 1 rings (SSSR count). The number of nitrogens with one attached hydrogen (secondary N) is 1. The van der Waals surface area contributed by atoms with Gasteiger partial charge in [-0.3, -0.25) is 4.79 Å².